The highest BCUT2D eigenvalue weighted by molar-refractivity contribution is 5.94. The molecule has 0 aromatic heterocycles. The van der Waals surface area contributed by atoms with Gasteiger partial charge in [-0.25, -0.2) is 18.4 Å². The molecule has 1 aliphatic rings. The molecule has 1 atom stereocenters. The Kier molecular flexibility index (Phi) is 4.11. The monoisotopic (exact) mass is 298 g/mol. The average molecular weight is 298 g/mol. The molecule has 1 aliphatic heterocycles. The second kappa shape index (κ2) is 5.67. The largest absolute Gasteiger partial charge is 0.479 e. The number of aliphatic carboxylic acids is 1. The van der Waals surface area contributed by atoms with Crippen LogP contribution in [0.15, 0.2) is 18.2 Å². The molecule has 1 fully saturated rings. The van der Waals surface area contributed by atoms with E-state index in [4.69, 9.17) is 0 Å². The van der Waals surface area contributed by atoms with Crippen molar-refractivity contribution in [1.29, 1.82) is 0 Å². The number of urea groups is 1. The van der Waals surface area contributed by atoms with Crippen molar-refractivity contribution in [2.75, 3.05) is 11.9 Å². The van der Waals surface area contributed by atoms with Crippen molar-refractivity contribution in [1.82, 2.24) is 4.90 Å². The molecule has 0 spiro atoms. The van der Waals surface area contributed by atoms with Crippen LogP contribution >= 0.6 is 0 Å². The second-order valence-corrected chi connectivity index (χ2v) is 5.00. The van der Waals surface area contributed by atoms with Gasteiger partial charge >= 0.3 is 12.0 Å². The summed E-state index contributed by atoms with van der Waals surface area (Å²) in [5.74, 6) is -2.72. The quantitative estimate of drug-likeness (QED) is 0.901. The van der Waals surface area contributed by atoms with Gasteiger partial charge < -0.3 is 15.3 Å². The Bertz CT molecular complexity index is 579. The highest BCUT2D eigenvalue weighted by Crippen LogP contribution is 2.33. The molecule has 1 aromatic carbocycles. The predicted octanol–water partition coefficient (Wildman–Crippen LogP) is 2.83. The number of amides is 2. The Hall–Kier alpha value is -2.18. The number of carboxylic acid groups (broad SMARTS) is 1. The number of carboxylic acids is 1. The van der Waals surface area contributed by atoms with E-state index in [-0.39, 0.29) is 18.7 Å². The van der Waals surface area contributed by atoms with Crippen LogP contribution in [0.1, 0.15) is 26.2 Å². The average Bonchev–Trinajstić information content (AvgIpc) is 2.87. The first-order valence-electron chi connectivity index (χ1n) is 6.68. The maximum atomic E-state index is 13.5. The van der Waals surface area contributed by atoms with E-state index in [1.165, 1.54) is 4.90 Å². The Balaban J connectivity index is 2.21. The zero-order chi connectivity index (χ0) is 15.6. The summed E-state index contributed by atoms with van der Waals surface area (Å²) in [6.45, 7) is 1.98. The summed E-state index contributed by atoms with van der Waals surface area (Å²) in [6, 6.07) is 2.09. The van der Waals surface area contributed by atoms with E-state index in [9.17, 15) is 23.5 Å². The number of likely N-dealkylation sites (tertiary alicyclic amines) is 1. The summed E-state index contributed by atoms with van der Waals surface area (Å²) in [4.78, 5) is 24.9. The Labute approximate surface area is 120 Å². The van der Waals surface area contributed by atoms with Gasteiger partial charge in [-0.15, -0.1) is 0 Å². The van der Waals surface area contributed by atoms with Crippen LogP contribution in [0.3, 0.4) is 0 Å². The van der Waals surface area contributed by atoms with Crippen molar-refractivity contribution in [2.45, 2.75) is 31.7 Å². The SMILES string of the molecule is CCC1(C(=O)O)CCCN1C(=O)Nc1ccc(F)cc1F. The molecule has 1 unspecified atom stereocenters. The zero-order valence-corrected chi connectivity index (χ0v) is 11.5. The zero-order valence-electron chi connectivity index (χ0n) is 11.5. The number of benzene rings is 1. The van der Waals surface area contributed by atoms with Crippen LogP contribution in [-0.4, -0.2) is 34.1 Å². The van der Waals surface area contributed by atoms with Gasteiger partial charge in [0.05, 0.1) is 5.69 Å². The first-order valence-corrected chi connectivity index (χ1v) is 6.68. The summed E-state index contributed by atoms with van der Waals surface area (Å²) in [7, 11) is 0. The van der Waals surface area contributed by atoms with Crippen molar-refractivity contribution in [3.8, 4) is 0 Å². The second-order valence-electron chi connectivity index (χ2n) is 5.00. The normalized spacial score (nSPS) is 21.4. The standard InChI is InChI=1S/C14H16F2N2O3/c1-2-14(12(19)20)6-3-7-18(14)13(21)17-11-5-4-9(15)8-10(11)16/h4-5,8H,2-3,6-7H2,1H3,(H,17,21)(H,19,20). The fourth-order valence-corrected chi connectivity index (χ4v) is 2.69. The summed E-state index contributed by atoms with van der Waals surface area (Å²) in [5.41, 5.74) is -1.44. The Morgan fingerprint density at radius 3 is 2.71 bits per heavy atom. The summed E-state index contributed by atoms with van der Waals surface area (Å²) < 4.78 is 26.4. The maximum Gasteiger partial charge on any atom is 0.329 e. The number of rotatable bonds is 3. The van der Waals surface area contributed by atoms with Gasteiger partial charge in [-0.1, -0.05) is 6.92 Å². The number of hydrogen-bond donors (Lipinski definition) is 2. The van der Waals surface area contributed by atoms with Gasteiger partial charge in [0.15, 0.2) is 0 Å². The minimum absolute atomic E-state index is 0.177. The van der Waals surface area contributed by atoms with Gasteiger partial charge in [0, 0.05) is 12.6 Å². The Morgan fingerprint density at radius 2 is 2.14 bits per heavy atom. The topological polar surface area (TPSA) is 69.6 Å². The number of carbonyl (C=O) groups excluding carboxylic acids is 1. The van der Waals surface area contributed by atoms with Gasteiger partial charge in [-0.2, -0.15) is 0 Å². The summed E-state index contributed by atoms with van der Waals surface area (Å²) in [5, 5.41) is 11.7. The number of nitrogens with zero attached hydrogens (tertiary/aromatic N) is 1. The summed E-state index contributed by atoms with van der Waals surface area (Å²) >= 11 is 0. The molecule has 114 valence electrons. The lowest BCUT2D eigenvalue weighted by Gasteiger charge is -2.33. The van der Waals surface area contributed by atoms with Crippen molar-refractivity contribution in [3.05, 3.63) is 29.8 Å². The molecule has 0 saturated carbocycles. The number of carbonyl (C=O) groups is 2. The third-order valence-corrected chi connectivity index (χ3v) is 3.89. The van der Waals surface area contributed by atoms with Crippen molar-refractivity contribution >= 4 is 17.7 Å². The highest BCUT2D eigenvalue weighted by Gasteiger charge is 2.48. The third kappa shape index (κ3) is 2.68. The number of anilines is 1. The van der Waals surface area contributed by atoms with E-state index in [1.54, 1.807) is 6.92 Å². The lowest BCUT2D eigenvalue weighted by Crippen LogP contribution is -2.54. The predicted molar refractivity (Wildman–Crippen MR) is 72.0 cm³/mol. The van der Waals surface area contributed by atoms with Crippen molar-refractivity contribution in [2.24, 2.45) is 0 Å². The molecular weight excluding hydrogens is 282 g/mol. The molecule has 1 aromatic rings. The van der Waals surface area contributed by atoms with E-state index in [0.717, 1.165) is 12.1 Å². The van der Waals surface area contributed by atoms with E-state index in [2.05, 4.69) is 5.32 Å². The molecule has 1 heterocycles. The Morgan fingerprint density at radius 1 is 1.43 bits per heavy atom. The molecule has 21 heavy (non-hydrogen) atoms. The molecule has 2 amide bonds. The maximum absolute atomic E-state index is 13.5. The van der Waals surface area contributed by atoms with Crippen LogP contribution < -0.4 is 5.32 Å². The first kappa shape index (κ1) is 15.2. The van der Waals surface area contributed by atoms with Crippen molar-refractivity contribution < 1.29 is 23.5 Å². The van der Waals surface area contributed by atoms with Crippen LogP contribution in [0.5, 0.6) is 0 Å². The van der Waals surface area contributed by atoms with Gasteiger partial charge in [0.25, 0.3) is 0 Å². The lowest BCUT2D eigenvalue weighted by molar-refractivity contribution is -0.148. The van der Waals surface area contributed by atoms with Gasteiger partial charge in [-0.05, 0) is 31.4 Å². The molecule has 2 N–H and O–H groups in total. The molecule has 7 heteroatoms. The molecule has 0 aliphatic carbocycles. The fraction of sp³-hybridized carbons (Fsp3) is 0.429. The fourth-order valence-electron chi connectivity index (χ4n) is 2.69. The molecule has 1 saturated heterocycles. The lowest BCUT2D eigenvalue weighted by atomic mass is 9.93. The molecule has 0 radical (unpaired) electrons. The van der Waals surface area contributed by atoms with Gasteiger partial charge in [0.2, 0.25) is 0 Å². The van der Waals surface area contributed by atoms with E-state index < -0.39 is 29.2 Å². The third-order valence-electron chi connectivity index (χ3n) is 3.89. The van der Waals surface area contributed by atoms with Crippen LogP contribution in [0.4, 0.5) is 19.3 Å². The molecular formula is C14H16F2N2O3. The number of hydrogen-bond acceptors (Lipinski definition) is 2. The van der Waals surface area contributed by atoms with Crippen LogP contribution in [-0.2, 0) is 4.79 Å². The number of nitrogens with one attached hydrogen (secondary N) is 1. The smallest absolute Gasteiger partial charge is 0.329 e. The van der Waals surface area contributed by atoms with Crippen LogP contribution in [0.25, 0.3) is 0 Å². The number of halogens is 2. The first-order chi connectivity index (χ1) is 9.90. The van der Waals surface area contributed by atoms with Crippen LogP contribution in [0, 0.1) is 11.6 Å². The minimum Gasteiger partial charge on any atom is -0.479 e. The van der Waals surface area contributed by atoms with Crippen LogP contribution in [0.2, 0.25) is 0 Å². The van der Waals surface area contributed by atoms with E-state index in [1.807, 2.05) is 0 Å². The summed E-state index contributed by atoms with van der Waals surface area (Å²) in [6.07, 6.45) is 1.19. The van der Waals surface area contributed by atoms with Gasteiger partial charge in [0.1, 0.15) is 17.2 Å². The molecule has 5 nitrogen and oxygen atoms in total. The minimum atomic E-state index is -1.26. The molecule has 0 bridgehead atoms. The van der Waals surface area contributed by atoms with E-state index >= 15 is 0 Å². The van der Waals surface area contributed by atoms with Crippen molar-refractivity contribution in [3.63, 3.8) is 0 Å². The molecule has 2 rings (SSSR count). The van der Waals surface area contributed by atoms with E-state index in [0.29, 0.717) is 18.9 Å². The van der Waals surface area contributed by atoms with Gasteiger partial charge in [-0.3, -0.25) is 0 Å². The highest BCUT2D eigenvalue weighted by atomic mass is 19.1.